The van der Waals surface area contributed by atoms with Crippen LogP contribution in [0, 0.1) is 17.0 Å². The maximum atomic E-state index is 10.9. The number of hydrogen-bond donors (Lipinski definition) is 2. The highest BCUT2D eigenvalue weighted by atomic mass is 16.6. The second-order valence-corrected chi connectivity index (χ2v) is 4.32. The molecule has 1 heterocycles. The maximum absolute atomic E-state index is 10.9. The quantitative estimate of drug-likeness (QED) is 0.618. The van der Waals surface area contributed by atoms with Gasteiger partial charge in [-0.05, 0) is 17.4 Å². The molecule has 0 saturated carbocycles. The number of imidazole rings is 1. The van der Waals surface area contributed by atoms with Crippen LogP contribution >= 0.6 is 0 Å². The summed E-state index contributed by atoms with van der Waals surface area (Å²) in [5, 5.41) is 23.1. The average molecular weight is 276 g/mol. The third-order valence-electron chi connectivity index (χ3n) is 2.91. The molecule has 0 aliphatic heterocycles. The van der Waals surface area contributed by atoms with Crippen LogP contribution in [-0.2, 0) is 13.1 Å². The molecular weight excluding hydrogens is 260 g/mol. The van der Waals surface area contributed by atoms with Gasteiger partial charge in [-0.15, -0.1) is 0 Å². The molecule has 0 radical (unpaired) electrons. The van der Waals surface area contributed by atoms with Gasteiger partial charge in [0, 0.05) is 6.54 Å². The van der Waals surface area contributed by atoms with E-state index in [1.54, 1.807) is 6.92 Å². The molecule has 0 bridgehead atoms. The minimum Gasteiger partial charge on any atom is -0.393 e. The maximum Gasteiger partial charge on any atom is 0.436 e. The molecule has 0 aliphatic carbocycles. The second-order valence-electron chi connectivity index (χ2n) is 4.32. The zero-order valence-electron chi connectivity index (χ0n) is 11.1. The van der Waals surface area contributed by atoms with Crippen molar-refractivity contribution in [2.45, 2.75) is 20.0 Å². The van der Waals surface area contributed by atoms with Crippen LogP contribution in [0.25, 0.3) is 0 Å². The number of aliphatic hydroxyl groups is 1. The molecule has 1 aromatic carbocycles. The Morgan fingerprint density at radius 1 is 1.40 bits per heavy atom. The van der Waals surface area contributed by atoms with Crippen molar-refractivity contribution in [2.75, 3.05) is 11.9 Å². The molecule has 2 rings (SSSR count). The zero-order valence-corrected chi connectivity index (χ0v) is 11.1. The van der Waals surface area contributed by atoms with Gasteiger partial charge < -0.3 is 20.5 Å². The number of aryl methyl sites for hydroxylation is 1. The van der Waals surface area contributed by atoms with Crippen molar-refractivity contribution in [2.24, 2.45) is 0 Å². The molecule has 0 fully saturated rings. The van der Waals surface area contributed by atoms with Crippen molar-refractivity contribution < 1.29 is 10.0 Å². The third kappa shape index (κ3) is 2.94. The summed E-state index contributed by atoms with van der Waals surface area (Å²) >= 11 is 0. The number of benzene rings is 1. The number of aliphatic hydroxyl groups excluding tert-OH is 1. The molecule has 106 valence electrons. The van der Waals surface area contributed by atoms with Gasteiger partial charge in [-0.1, -0.05) is 35.3 Å². The smallest absolute Gasteiger partial charge is 0.393 e. The van der Waals surface area contributed by atoms with E-state index in [-0.39, 0.29) is 19.1 Å². The van der Waals surface area contributed by atoms with Crippen molar-refractivity contribution in [1.82, 2.24) is 9.55 Å². The molecule has 2 N–H and O–H groups in total. The highest BCUT2D eigenvalue weighted by molar-refractivity contribution is 5.46. The highest BCUT2D eigenvalue weighted by Crippen LogP contribution is 2.23. The van der Waals surface area contributed by atoms with Crippen molar-refractivity contribution in [3.05, 3.63) is 51.7 Å². The van der Waals surface area contributed by atoms with Crippen LogP contribution in [-0.4, -0.2) is 26.2 Å². The van der Waals surface area contributed by atoms with Crippen LogP contribution in [0.3, 0.4) is 0 Å². The molecule has 0 aliphatic rings. The van der Waals surface area contributed by atoms with Crippen LogP contribution in [0.1, 0.15) is 11.3 Å². The average Bonchev–Trinajstić information content (AvgIpc) is 2.75. The lowest BCUT2D eigenvalue weighted by molar-refractivity contribution is -0.396. The number of aromatic nitrogens is 2. The van der Waals surface area contributed by atoms with Crippen LogP contribution in [0.2, 0.25) is 0 Å². The van der Waals surface area contributed by atoms with Gasteiger partial charge in [-0.25, -0.2) is 4.57 Å². The molecule has 0 atom stereocenters. The fraction of sp³-hybridized carbons (Fsp3) is 0.308. The summed E-state index contributed by atoms with van der Waals surface area (Å²) in [6, 6.07) is 9.71. The number of rotatable bonds is 6. The largest absolute Gasteiger partial charge is 0.436 e. The van der Waals surface area contributed by atoms with E-state index in [0.717, 1.165) is 5.56 Å². The van der Waals surface area contributed by atoms with Crippen molar-refractivity contribution in [1.29, 1.82) is 0 Å². The lowest BCUT2D eigenvalue weighted by atomic mass is 10.2. The minimum absolute atomic E-state index is 0.133. The number of anilines is 1. The van der Waals surface area contributed by atoms with Crippen LogP contribution in [0.15, 0.2) is 30.3 Å². The topological polar surface area (TPSA) is 93.2 Å². The first-order valence-corrected chi connectivity index (χ1v) is 6.23. The summed E-state index contributed by atoms with van der Waals surface area (Å²) < 4.78 is 1.39. The number of nitrogens with zero attached hydrogens (tertiary/aromatic N) is 3. The summed E-state index contributed by atoms with van der Waals surface area (Å²) in [5.74, 6) is 0.307. The van der Waals surface area contributed by atoms with E-state index in [4.69, 9.17) is 5.11 Å². The van der Waals surface area contributed by atoms with Gasteiger partial charge in [0.25, 0.3) is 0 Å². The van der Waals surface area contributed by atoms with Crippen LogP contribution in [0.5, 0.6) is 0 Å². The van der Waals surface area contributed by atoms with E-state index < -0.39 is 4.92 Å². The summed E-state index contributed by atoms with van der Waals surface area (Å²) in [4.78, 5) is 14.3. The Morgan fingerprint density at radius 3 is 2.70 bits per heavy atom. The van der Waals surface area contributed by atoms with E-state index in [2.05, 4.69) is 10.3 Å². The second kappa shape index (κ2) is 6.16. The van der Waals surface area contributed by atoms with E-state index >= 15 is 0 Å². The Morgan fingerprint density at radius 2 is 2.10 bits per heavy atom. The van der Waals surface area contributed by atoms with Gasteiger partial charge in [0.1, 0.15) is 0 Å². The standard InChI is InChI=1S/C13H16N4O3/c1-10-12(14-9-11-5-3-2-4-6-11)16(7-8-18)13(15-10)17(19)20/h2-6,14,18H,7-9H2,1H3. The molecule has 0 saturated heterocycles. The van der Waals surface area contributed by atoms with Gasteiger partial charge >= 0.3 is 5.95 Å². The molecule has 0 unspecified atom stereocenters. The Hall–Kier alpha value is -2.41. The van der Waals surface area contributed by atoms with E-state index in [1.807, 2.05) is 30.3 Å². The van der Waals surface area contributed by atoms with E-state index in [0.29, 0.717) is 18.1 Å². The first-order valence-electron chi connectivity index (χ1n) is 6.23. The molecule has 0 spiro atoms. The summed E-state index contributed by atoms with van der Waals surface area (Å²) in [6.07, 6.45) is 0. The predicted molar refractivity (Wildman–Crippen MR) is 74.5 cm³/mol. The molecule has 0 amide bonds. The van der Waals surface area contributed by atoms with Crippen molar-refractivity contribution >= 4 is 11.8 Å². The Labute approximate surface area is 116 Å². The lowest BCUT2D eigenvalue weighted by Crippen LogP contribution is -2.11. The van der Waals surface area contributed by atoms with Crippen molar-refractivity contribution in [3.8, 4) is 0 Å². The SMILES string of the molecule is Cc1nc([N+](=O)[O-])n(CCO)c1NCc1ccccc1. The first kappa shape index (κ1) is 14.0. The molecular formula is C13H16N4O3. The van der Waals surface area contributed by atoms with Gasteiger partial charge in [-0.3, -0.25) is 0 Å². The zero-order chi connectivity index (χ0) is 14.5. The van der Waals surface area contributed by atoms with Crippen molar-refractivity contribution in [3.63, 3.8) is 0 Å². The van der Waals surface area contributed by atoms with E-state index in [9.17, 15) is 10.1 Å². The number of hydrogen-bond acceptors (Lipinski definition) is 5. The minimum atomic E-state index is -0.545. The van der Waals surface area contributed by atoms with Gasteiger partial charge in [0.2, 0.25) is 5.82 Å². The normalized spacial score (nSPS) is 10.5. The molecule has 20 heavy (non-hydrogen) atoms. The summed E-state index contributed by atoms with van der Waals surface area (Å²) in [6.45, 7) is 2.19. The number of nitrogens with one attached hydrogen (secondary N) is 1. The number of nitro groups is 1. The Balaban J connectivity index is 2.24. The predicted octanol–water partition coefficient (Wildman–Crippen LogP) is 1.70. The van der Waals surface area contributed by atoms with Gasteiger partial charge in [0.15, 0.2) is 5.69 Å². The summed E-state index contributed by atoms with van der Waals surface area (Å²) in [5.41, 5.74) is 1.60. The Bertz CT molecular complexity index is 595. The van der Waals surface area contributed by atoms with Crippen LogP contribution < -0.4 is 5.32 Å². The van der Waals surface area contributed by atoms with Gasteiger partial charge in [-0.2, -0.15) is 0 Å². The van der Waals surface area contributed by atoms with Crippen LogP contribution in [0.4, 0.5) is 11.8 Å². The monoisotopic (exact) mass is 276 g/mol. The summed E-state index contributed by atoms with van der Waals surface area (Å²) in [7, 11) is 0. The van der Waals surface area contributed by atoms with Gasteiger partial charge in [0.05, 0.1) is 13.2 Å². The lowest BCUT2D eigenvalue weighted by Gasteiger charge is -2.07. The Kier molecular flexibility index (Phi) is 4.31. The molecule has 7 nitrogen and oxygen atoms in total. The molecule has 7 heteroatoms. The fourth-order valence-corrected chi connectivity index (χ4v) is 2.01. The highest BCUT2D eigenvalue weighted by Gasteiger charge is 2.24. The van der Waals surface area contributed by atoms with E-state index in [1.165, 1.54) is 4.57 Å². The third-order valence-corrected chi connectivity index (χ3v) is 2.91. The fourth-order valence-electron chi connectivity index (χ4n) is 2.01. The first-order chi connectivity index (χ1) is 9.63. The molecule has 2 aromatic rings. The molecule has 1 aromatic heterocycles.